The first-order valence-electron chi connectivity index (χ1n) is 5.83. The molecule has 1 aromatic rings. The molecule has 0 aliphatic heterocycles. The molecule has 6 heteroatoms. The van der Waals surface area contributed by atoms with Crippen molar-refractivity contribution in [3.8, 4) is 0 Å². The van der Waals surface area contributed by atoms with E-state index in [0.29, 0.717) is 5.76 Å². The molecule has 0 saturated heterocycles. The van der Waals surface area contributed by atoms with Gasteiger partial charge in [0.25, 0.3) is 0 Å². The first kappa shape index (κ1) is 16.0. The summed E-state index contributed by atoms with van der Waals surface area (Å²) in [5, 5.41) is 0. The topological polar surface area (TPSA) is 67.8 Å². The molecule has 0 aliphatic carbocycles. The minimum Gasteiger partial charge on any atom is -0.440 e. The Morgan fingerprint density at radius 2 is 1.80 bits per heavy atom. The highest BCUT2D eigenvalue weighted by Gasteiger charge is 2.05. The van der Waals surface area contributed by atoms with E-state index < -0.39 is 10.0 Å². The van der Waals surface area contributed by atoms with Crippen LogP contribution in [0.4, 0.5) is 0 Å². The maximum Gasteiger partial charge on any atom is 0.230 e. The third-order valence-electron chi connectivity index (χ3n) is 2.24. The lowest BCUT2D eigenvalue weighted by molar-refractivity contribution is 0.382. The Hall–Kier alpha value is -2.08. The van der Waals surface area contributed by atoms with Gasteiger partial charge in [-0.05, 0) is 20.4 Å². The lowest BCUT2D eigenvalue weighted by Gasteiger charge is -2.09. The van der Waals surface area contributed by atoms with E-state index in [4.69, 9.17) is 4.74 Å². The number of hydrogen-bond donors (Lipinski definition) is 1. The number of nitrogens with zero attached hydrogens (tertiary/aromatic N) is 1. The van der Waals surface area contributed by atoms with Gasteiger partial charge in [-0.3, -0.25) is 4.72 Å². The quantitative estimate of drug-likeness (QED) is 0.515. The third kappa shape index (κ3) is 5.71. The Kier molecular flexibility index (Phi) is 5.10. The highest BCUT2D eigenvalue weighted by atomic mass is 32.2. The highest BCUT2D eigenvalue weighted by molar-refractivity contribution is 7.89. The molecule has 0 heterocycles. The van der Waals surface area contributed by atoms with Crippen LogP contribution < -0.4 is 4.72 Å². The zero-order valence-corrected chi connectivity index (χ0v) is 12.6. The predicted molar refractivity (Wildman–Crippen MR) is 81.5 cm³/mol. The summed E-state index contributed by atoms with van der Waals surface area (Å²) >= 11 is 0. The minimum absolute atomic E-state index is 0.0595. The molecule has 0 atom stereocenters. The Balaban J connectivity index is 2.69. The molecule has 20 heavy (non-hydrogen) atoms. The van der Waals surface area contributed by atoms with Gasteiger partial charge in [0, 0.05) is 5.56 Å². The van der Waals surface area contributed by atoms with E-state index in [9.17, 15) is 8.42 Å². The van der Waals surface area contributed by atoms with E-state index in [1.54, 1.807) is 0 Å². The normalized spacial score (nSPS) is 11.8. The average molecular weight is 294 g/mol. The minimum atomic E-state index is -3.35. The standard InChI is InChI=1S/C14H18N2O3S/c1-10-6-8-14(9-7-10)11(2)19-13(4)15-12(3)16-20(5,17)18/h6-9H,2,4H2,1,3,5H3,(H,15,16). The number of sulfonamides is 1. The SMILES string of the molecule is C=C(/N=C(\C)NS(C)(=O)=O)OC(=C)c1ccc(C)cc1. The maximum absolute atomic E-state index is 11.0. The summed E-state index contributed by atoms with van der Waals surface area (Å²) in [6, 6.07) is 7.62. The van der Waals surface area contributed by atoms with Crippen molar-refractivity contribution in [3.63, 3.8) is 0 Å². The Morgan fingerprint density at radius 3 is 2.30 bits per heavy atom. The van der Waals surface area contributed by atoms with E-state index in [-0.39, 0.29) is 11.7 Å². The van der Waals surface area contributed by atoms with Gasteiger partial charge in [0.15, 0.2) is 0 Å². The summed E-state index contributed by atoms with van der Waals surface area (Å²) in [5.41, 5.74) is 1.94. The van der Waals surface area contributed by atoms with Crippen LogP contribution in [0.15, 0.2) is 48.3 Å². The van der Waals surface area contributed by atoms with Gasteiger partial charge >= 0.3 is 0 Å². The van der Waals surface area contributed by atoms with Gasteiger partial charge in [-0.2, -0.15) is 0 Å². The van der Waals surface area contributed by atoms with Crippen molar-refractivity contribution in [3.05, 3.63) is 54.4 Å². The number of nitrogens with one attached hydrogen (secondary N) is 1. The van der Waals surface area contributed by atoms with Gasteiger partial charge < -0.3 is 4.74 Å². The number of rotatable bonds is 5. The molecule has 0 radical (unpaired) electrons. The summed E-state index contributed by atoms with van der Waals surface area (Å²) in [7, 11) is -3.35. The molecule has 1 rings (SSSR count). The second-order valence-corrected chi connectivity index (χ2v) is 6.10. The zero-order valence-electron chi connectivity index (χ0n) is 11.8. The van der Waals surface area contributed by atoms with Gasteiger partial charge in [0.05, 0.1) is 6.26 Å². The zero-order chi connectivity index (χ0) is 15.3. The molecule has 1 aromatic carbocycles. The molecule has 0 unspecified atom stereocenters. The lowest BCUT2D eigenvalue weighted by atomic mass is 10.1. The van der Waals surface area contributed by atoms with Crippen LogP contribution in [-0.4, -0.2) is 20.5 Å². The molecule has 108 valence electrons. The van der Waals surface area contributed by atoms with Crippen molar-refractivity contribution >= 4 is 21.6 Å². The van der Waals surface area contributed by atoms with E-state index in [1.807, 2.05) is 31.2 Å². The van der Waals surface area contributed by atoms with Gasteiger partial charge in [0.1, 0.15) is 11.6 Å². The fraction of sp³-hybridized carbons (Fsp3) is 0.214. The maximum atomic E-state index is 11.0. The monoisotopic (exact) mass is 294 g/mol. The summed E-state index contributed by atoms with van der Waals surface area (Å²) < 4.78 is 29.6. The highest BCUT2D eigenvalue weighted by Crippen LogP contribution is 2.17. The lowest BCUT2D eigenvalue weighted by Crippen LogP contribution is -2.27. The van der Waals surface area contributed by atoms with E-state index in [0.717, 1.165) is 17.4 Å². The van der Waals surface area contributed by atoms with Crippen LogP contribution in [-0.2, 0) is 14.8 Å². The molecule has 0 amide bonds. The van der Waals surface area contributed by atoms with Crippen molar-refractivity contribution in [1.29, 1.82) is 0 Å². The second kappa shape index (κ2) is 6.38. The Morgan fingerprint density at radius 1 is 1.25 bits per heavy atom. The van der Waals surface area contributed by atoms with Gasteiger partial charge in [-0.15, -0.1) is 0 Å². The molecule has 0 spiro atoms. The second-order valence-electron chi connectivity index (χ2n) is 4.36. The molecule has 5 nitrogen and oxygen atoms in total. The van der Waals surface area contributed by atoms with E-state index >= 15 is 0 Å². The van der Waals surface area contributed by atoms with Crippen LogP contribution in [0.3, 0.4) is 0 Å². The summed E-state index contributed by atoms with van der Waals surface area (Å²) in [5.74, 6) is 0.629. The first-order chi connectivity index (χ1) is 9.17. The van der Waals surface area contributed by atoms with Crippen molar-refractivity contribution in [1.82, 2.24) is 4.72 Å². The van der Waals surface area contributed by atoms with Crippen LogP contribution in [0.5, 0.6) is 0 Å². The van der Waals surface area contributed by atoms with Crippen LogP contribution in [0, 0.1) is 6.92 Å². The molecule has 0 aliphatic rings. The molecule has 0 fully saturated rings. The number of benzene rings is 1. The van der Waals surface area contributed by atoms with Crippen molar-refractivity contribution in [2.24, 2.45) is 4.99 Å². The molecule has 0 bridgehead atoms. The Labute approximate surface area is 119 Å². The molecular formula is C14H18N2O3S. The van der Waals surface area contributed by atoms with Gasteiger partial charge in [-0.1, -0.05) is 36.4 Å². The van der Waals surface area contributed by atoms with Crippen LogP contribution in [0.25, 0.3) is 5.76 Å². The van der Waals surface area contributed by atoms with Crippen molar-refractivity contribution < 1.29 is 13.2 Å². The fourth-order valence-electron chi connectivity index (χ4n) is 1.44. The van der Waals surface area contributed by atoms with Crippen LogP contribution in [0.2, 0.25) is 0 Å². The van der Waals surface area contributed by atoms with Crippen LogP contribution >= 0.6 is 0 Å². The number of amidine groups is 1. The van der Waals surface area contributed by atoms with Gasteiger partial charge in [-0.25, -0.2) is 13.4 Å². The Bertz CT molecular complexity index is 644. The van der Waals surface area contributed by atoms with Crippen LogP contribution in [0.1, 0.15) is 18.1 Å². The largest absolute Gasteiger partial charge is 0.440 e. The molecule has 0 aromatic heterocycles. The first-order valence-corrected chi connectivity index (χ1v) is 7.72. The van der Waals surface area contributed by atoms with Crippen molar-refractivity contribution in [2.45, 2.75) is 13.8 Å². The number of aryl methyl sites for hydroxylation is 1. The van der Waals surface area contributed by atoms with Gasteiger partial charge in [0.2, 0.25) is 15.9 Å². The molecular weight excluding hydrogens is 276 g/mol. The number of ether oxygens (including phenoxy) is 1. The molecule has 1 N–H and O–H groups in total. The smallest absolute Gasteiger partial charge is 0.230 e. The summed E-state index contributed by atoms with van der Waals surface area (Å²) in [4.78, 5) is 3.89. The average Bonchev–Trinajstić information content (AvgIpc) is 2.26. The third-order valence-corrected chi connectivity index (χ3v) is 2.91. The fourth-order valence-corrected chi connectivity index (χ4v) is 2.02. The number of aliphatic imine (C=N–C) groups is 1. The number of hydrogen-bond acceptors (Lipinski definition) is 4. The summed E-state index contributed by atoms with van der Waals surface area (Å²) in [6.07, 6.45) is 1.04. The summed E-state index contributed by atoms with van der Waals surface area (Å²) in [6.45, 7) is 10.9. The molecule has 0 saturated carbocycles. The van der Waals surface area contributed by atoms with E-state index in [2.05, 4.69) is 22.9 Å². The van der Waals surface area contributed by atoms with Crippen molar-refractivity contribution in [2.75, 3.05) is 6.26 Å². The predicted octanol–water partition coefficient (Wildman–Crippen LogP) is 2.42. The van der Waals surface area contributed by atoms with E-state index in [1.165, 1.54) is 6.92 Å².